The van der Waals surface area contributed by atoms with Crippen LogP contribution in [0.5, 0.6) is 17.2 Å². The lowest BCUT2D eigenvalue weighted by molar-refractivity contribution is 0.280. The van der Waals surface area contributed by atoms with E-state index in [0.29, 0.717) is 23.3 Å². The highest BCUT2D eigenvalue weighted by Gasteiger charge is 2.24. The highest BCUT2D eigenvalue weighted by molar-refractivity contribution is 5.62. The van der Waals surface area contributed by atoms with E-state index < -0.39 is 0 Å². The molecule has 2 atom stereocenters. The van der Waals surface area contributed by atoms with E-state index in [4.69, 9.17) is 14.2 Å². The number of anilines is 1. The molecule has 0 spiro atoms. The SMILES string of the molecule is COc1cc(NC2CC(C)CC(C)C2)cc(OC)c1OC. The van der Waals surface area contributed by atoms with Gasteiger partial charge < -0.3 is 19.5 Å². The molecule has 0 aliphatic heterocycles. The quantitative estimate of drug-likeness (QED) is 0.892. The third-order valence-corrected chi connectivity index (χ3v) is 4.21. The van der Waals surface area contributed by atoms with Gasteiger partial charge in [0.05, 0.1) is 21.3 Å². The molecule has 2 rings (SSSR count). The van der Waals surface area contributed by atoms with E-state index in [-0.39, 0.29) is 0 Å². The molecule has 1 aliphatic carbocycles. The van der Waals surface area contributed by atoms with Crippen molar-refractivity contribution in [1.29, 1.82) is 0 Å². The third kappa shape index (κ3) is 3.74. The summed E-state index contributed by atoms with van der Waals surface area (Å²) in [5.74, 6) is 3.56. The minimum atomic E-state index is 0.506. The molecular formula is C17H27NO3. The maximum absolute atomic E-state index is 5.41. The summed E-state index contributed by atoms with van der Waals surface area (Å²) in [5, 5.41) is 3.63. The van der Waals surface area contributed by atoms with E-state index in [0.717, 1.165) is 17.5 Å². The fourth-order valence-electron chi connectivity index (χ4n) is 3.46. The van der Waals surface area contributed by atoms with E-state index in [9.17, 15) is 0 Å². The predicted molar refractivity (Wildman–Crippen MR) is 85.7 cm³/mol. The highest BCUT2D eigenvalue weighted by Crippen LogP contribution is 2.41. The van der Waals surface area contributed by atoms with Crippen molar-refractivity contribution < 1.29 is 14.2 Å². The number of nitrogens with one attached hydrogen (secondary N) is 1. The Morgan fingerprint density at radius 2 is 1.38 bits per heavy atom. The molecule has 0 saturated heterocycles. The van der Waals surface area contributed by atoms with Crippen molar-refractivity contribution in [2.75, 3.05) is 26.6 Å². The Morgan fingerprint density at radius 1 is 0.857 bits per heavy atom. The lowest BCUT2D eigenvalue weighted by atomic mass is 9.80. The maximum Gasteiger partial charge on any atom is 0.203 e. The molecule has 4 nitrogen and oxygen atoms in total. The van der Waals surface area contributed by atoms with Crippen molar-refractivity contribution in [3.63, 3.8) is 0 Å². The van der Waals surface area contributed by atoms with Crippen molar-refractivity contribution in [3.8, 4) is 17.2 Å². The zero-order valence-electron chi connectivity index (χ0n) is 13.7. The van der Waals surface area contributed by atoms with Gasteiger partial charge in [0.2, 0.25) is 5.75 Å². The van der Waals surface area contributed by atoms with Gasteiger partial charge in [-0.3, -0.25) is 0 Å². The second-order valence-corrected chi connectivity index (χ2v) is 6.17. The second kappa shape index (κ2) is 6.92. The molecule has 1 N–H and O–H groups in total. The standard InChI is InChI=1S/C17H27NO3/c1-11-6-12(2)8-13(7-11)18-14-9-15(19-3)17(21-5)16(10-14)20-4/h9-13,18H,6-8H2,1-5H3. The van der Waals surface area contributed by atoms with Gasteiger partial charge in [0, 0.05) is 23.9 Å². The lowest BCUT2D eigenvalue weighted by Crippen LogP contribution is -2.30. The monoisotopic (exact) mass is 293 g/mol. The van der Waals surface area contributed by atoms with Crippen molar-refractivity contribution in [2.24, 2.45) is 11.8 Å². The molecule has 1 aromatic rings. The summed E-state index contributed by atoms with van der Waals surface area (Å²) in [5.41, 5.74) is 1.02. The summed E-state index contributed by atoms with van der Waals surface area (Å²) in [7, 11) is 4.91. The summed E-state index contributed by atoms with van der Waals surface area (Å²) in [6, 6.07) is 4.46. The van der Waals surface area contributed by atoms with E-state index in [2.05, 4.69) is 19.2 Å². The molecule has 1 aromatic carbocycles. The molecule has 21 heavy (non-hydrogen) atoms. The Labute approximate surface area is 127 Å². The minimum Gasteiger partial charge on any atom is -0.493 e. The average molecular weight is 293 g/mol. The van der Waals surface area contributed by atoms with Crippen molar-refractivity contribution in [3.05, 3.63) is 12.1 Å². The molecule has 0 aromatic heterocycles. The molecule has 1 saturated carbocycles. The Balaban J connectivity index is 2.19. The number of rotatable bonds is 5. The van der Waals surface area contributed by atoms with Crippen molar-refractivity contribution >= 4 is 5.69 Å². The normalized spacial score (nSPS) is 25.3. The molecule has 1 fully saturated rings. The zero-order valence-corrected chi connectivity index (χ0v) is 13.7. The summed E-state index contributed by atoms with van der Waals surface area (Å²) >= 11 is 0. The van der Waals surface area contributed by atoms with Crippen LogP contribution in [0, 0.1) is 11.8 Å². The van der Waals surface area contributed by atoms with E-state index >= 15 is 0 Å². The van der Waals surface area contributed by atoms with E-state index in [1.807, 2.05) is 12.1 Å². The summed E-state index contributed by atoms with van der Waals surface area (Å²) in [6.07, 6.45) is 3.75. The average Bonchev–Trinajstić information content (AvgIpc) is 2.45. The van der Waals surface area contributed by atoms with Gasteiger partial charge in [-0.1, -0.05) is 13.8 Å². The van der Waals surface area contributed by atoms with Gasteiger partial charge in [-0.25, -0.2) is 0 Å². The first-order valence-electron chi connectivity index (χ1n) is 7.63. The fraction of sp³-hybridized carbons (Fsp3) is 0.647. The smallest absolute Gasteiger partial charge is 0.203 e. The van der Waals surface area contributed by atoms with Crippen LogP contribution in [0.3, 0.4) is 0 Å². The van der Waals surface area contributed by atoms with Crippen LogP contribution in [0.4, 0.5) is 5.69 Å². The highest BCUT2D eigenvalue weighted by atomic mass is 16.5. The van der Waals surface area contributed by atoms with Crippen LogP contribution in [0.25, 0.3) is 0 Å². The van der Waals surface area contributed by atoms with Gasteiger partial charge in [-0.15, -0.1) is 0 Å². The second-order valence-electron chi connectivity index (χ2n) is 6.17. The molecule has 2 unspecified atom stereocenters. The Morgan fingerprint density at radius 3 is 1.81 bits per heavy atom. The zero-order chi connectivity index (χ0) is 15.4. The fourth-order valence-corrected chi connectivity index (χ4v) is 3.46. The van der Waals surface area contributed by atoms with Gasteiger partial charge in [0.15, 0.2) is 11.5 Å². The molecule has 0 bridgehead atoms. The molecule has 0 heterocycles. The molecular weight excluding hydrogens is 266 g/mol. The Hall–Kier alpha value is -1.58. The number of hydrogen-bond donors (Lipinski definition) is 1. The van der Waals surface area contributed by atoms with Crippen LogP contribution in [-0.4, -0.2) is 27.4 Å². The van der Waals surface area contributed by atoms with Gasteiger partial charge >= 0.3 is 0 Å². The number of hydrogen-bond acceptors (Lipinski definition) is 4. The largest absolute Gasteiger partial charge is 0.493 e. The first kappa shape index (κ1) is 15.8. The summed E-state index contributed by atoms with van der Waals surface area (Å²) in [6.45, 7) is 4.67. The predicted octanol–water partition coefficient (Wildman–Crippen LogP) is 3.95. The van der Waals surface area contributed by atoms with Crippen LogP contribution in [0.1, 0.15) is 33.1 Å². The number of benzene rings is 1. The van der Waals surface area contributed by atoms with Crippen LogP contribution < -0.4 is 19.5 Å². The molecule has 1 aliphatic rings. The van der Waals surface area contributed by atoms with Crippen LogP contribution in [0.2, 0.25) is 0 Å². The van der Waals surface area contributed by atoms with Crippen molar-refractivity contribution in [1.82, 2.24) is 0 Å². The van der Waals surface area contributed by atoms with Crippen LogP contribution in [-0.2, 0) is 0 Å². The summed E-state index contributed by atoms with van der Waals surface area (Å²) < 4.78 is 16.2. The van der Waals surface area contributed by atoms with Gasteiger partial charge in [-0.05, 0) is 31.1 Å². The van der Waals surface area contributed by atoms with E-state index in [1.165, 1.54) is 19.3 Å². The van der Waals surface area contributed by atoms with Crippen LogP contribution in [0.15, 0.2) is 12.1 Å². The topological polar surface area (TPSA) is 39.7 Å². The molecule has 0 radical (unpaired) electrons. The third-order valence-electron chi connectivity index (χ3n) is 4.21. The van der Waals surface area contributed by atoms with Gasteiger partial charge in [0.1, 0.15) is 0 Å². The van der Waals surface area contributed by atoms with Crippen LogP contribution >= 0.6 is 0 Å². The summed E-state index contributed by atoms with van der Waals surface area (Å²) in [4.78, 5) is 0. The van der Waals surface area contributed by atoms with Gasteiger partial charge in [-0.2, -0.15) is 0 Å². The number of methoxy groups -OCH3 is 3. The molecule has 0 amide bonds. The number of ether oxygens (including phenoxy) is 3. The van der Waals surface area contributed by atoms with E-state index in [1.54, 1.807) is 21.3 Å². The molecule has 4 heteroatoms. The first-order chi connectivity index (χ1) is 10.1. The minimum absolute atomic E-state index is 0.506. The Bertz CT molecular complexity index is 440. The molecule has 118 valence electrons. The van der Waals surface area contributed by atoms with Crippen molar-refractivity contribution in [2.45, 2.75) is 39.2 Å². The Kier molecular flexibility index (Phi) is 5.21. The first-order valence-corrected chi connectivity index (χ1v) is 7.63. The van der Waals surface area contributed by atoms with Gasteiger partial charge in [0.25, 0.3) is 0 Å². The lowest BCUT2D eigenvalue weighted by Gasteiger charge is -2.32. The maximum atomic E-state index is 5.41.